The number of primary sulfonamides is 1. The third-order valence-corrected chi connectivity index (χ3v) is 4.41. The zero-order chi connectivity index (χ0) is 15.2. The van der Waals surface area contributed by atoms with Crippen molar-refractivity contribution in [3.8, 4) is 0 Å². The summed E-state index contributed by atoms with van der Waals surface area (Å²) in [5.41, 5.74) is 1.05. The van der Waals surface area contributed by atoms with Crippen LogP contribution < -0.4 is 10.0 Å². The minimum absolute atomic E-state index is 0.107. The number of nitrogens with two attached hydrogens (primary N) is 1. The summed E-state index contributed by atoms with van der Waals surface area (Å²) in [5, 5.41) is 5.53. The number of carbonyl (C=O) groups is 1. The largest absolute Gasteiger partial charge is 0.423 e. The summed E-state index contributed by atoms with van der Waals surface area (Å²) in [6, 6.07) is 5.10. The van der Waals surface area contributed by atoms with E-state index in [-0.39, 0.29) is 36.6 Å². The summed E-state index contributed by atoms with van der Waals surface area (Å²) in [7, 11) is -3.61. The molecular formula is C12H12ClN3O4S. The van der Waals surface area contributed by atoms with E-state index in [1.165, 1.54) is 4.90 Å². The fourth-order valence-electron chi connectivity index (χ4n) is 2.41. The minimum atomic E-state index is -3.61. The van der Waals surface area contributed by atoms with E-state index in [2.05, 4.69) is 4.98 Å². The Bertz CT molecular complexity index is 817. The lowest BCUT2D eigenvalue weighted by Crippen LogP contribution is -2.27. The predicted octanol–water partition coefficient (Wildman–Crippen LogP) is 1.12. The summed E-state index contributed by atoms with van der Waals surface area (Å²) in [6.07, 6.45) is 0.107. The van der Waals surface area contributed by atoms with Crippen molar-refractivity contribution in [3.05, 3.63) is 23.2 Å². The van der Waals surface area contributed by atoms with Crippen LogP contribution in [-0.2, 0) is 14.8 Å². The molecule has 2 N–H and O–H groups in total. The number of halogens is 1. The van der Waals surface area contributed by atoms with Gasteiger partial charge in [-0.05, 0) is 18.2 Å². The van der Waals surface area contributed by atoms with Crippen molar-refractivity contribution < 1.29 is 17.6 Å². The van der Waals surface area contributed by atoms with E-state index in [9.17, 15) is 13.2 Å². The quantitative estimate of drug-likeness (QED) is 0.908. The van der Waals surface area contributed by atoms with Gasteiger partial charge in [-0.25, -0.2) is 13.6 Å². The molecule has 0 radical (unpaired) electrons. The van der Waals surface area contributed by atoms with Gasteiger partial charge in [-0.15, -0.1) is 0 Å². The first kappa shape index (κ1) is 14.3. The third-order valence-electron chi connectivity index (χ3n) is 3.24. The first-order valence-corrected chi connectivity index (χ1v) is 8.28. The Kier molecular flexibility index (Phi) is 3.39. The Morgan fingerprint density at radius 2 is 2.24 bits per heavy atom. The lowest BCUT2D eigenvalue weighted by molar-refractivity contribution is -0.117. The number of anilines is 1. The number of aromatic nitrogens is 1. The number of benzene rings is 1. The van der Waals surface area contributed by atoms with E-state index in [1.54, 1.807) is 18.2 Å². The first-order chi connectivity index (χ1) is 9.82. The number of nitrogens with zero attached hydrogens (tertiary/aromatic N) is 2. The molecule has 0 spiro atoms. The van der Waals surface area contributed by atoms with Crippen molar-refractivity contribution in [1.82, 2.24) is 4.98 Å². The second-order valence-corrected chi connectivity index (χ2v) is 7.11. The summed E-state index contributed by atoms with van der Waals surface area (Å²) < 4.78 is 27.7. The van der Waals surface area contributed by atoms with Crippen molar-refractivity contribution in [2.45, 2.75) is 6.42 Å². The van der Waals surface area contributed by atoms with Gasteiger partial charge in [-0.3, -0.25) is 9.69 Å². The summed E-state index contributed by atoms with van der Waals surface area (Å²) in [6.45, 7) is 0.218. The van der Waals surface area contributed by atoms with Crippen LogP contribution in [0.4, 0.5) is 6.01 Å². The zero-order valence-corrected chi connectivity index (χ0v) is 12.4. The smallest absolute Gasteiger partial charge is 0.305 e. The maximum absolute atomic E-state index is 12.0. The molecule has 7 nitrogen and oxygen atoms in total. The van der Waals surface area contributed by atoms with Crippen molar-refractivity contribution in [2.24, 2.45) is 11.1 Å². The molecule has 1 aliphatic heterocycles. The van der Waals surface area contributed by atoms with Gasteiger partial charge in [0, 0.05) is 23.9 Å². The SMILES string of the molecule is NS(=O)(=O)CC1CC(=O)N(c2nc3cc(Cl)ccc3o2)C1. The van der Waals surface area contributed by atoms with Crippen LogP contribution in [0, 0.1) is 5.92 Å². The molecule has 0 aliphatic carbocycles. The molecule has 2 aromatic rings. The first-order valence-electron chi connectivity index (χ1n) is 6.19. The molecule has 1 saturated heterocycles. The zero-order valence-electron chi connectivity index (χ0n) is 10.8. The molecule has 1 atom stereocenters. The van der Waals surface area contributed by atoms with Crippen molar-refractivity contribution >= 4 is 44.6 Å². The van der Waals surface area contributed by atoms with Crippen molar-refractivity contribution in [3.63, 3.8) is 0 Å². The van der Waals surface area contributed by atoms with Crippen LogP contribution in [0.5, 0.6) is 0 Å². The van der Waals surface area contributed by atoms with Crippen molar-refractivity contribution in [2.75, 3.05) is 17.2 Å². The van der Waals surface area contributed by atoms with Gasteiger partial charge in [0.25, 0.3) is 0 Å². The van der Waals surface area contributed by atoms with Crippen LogP contribution in [-0.4, -0.2) is 31.6 Å². The molecule has 0 saturated carbocycles. The molecule has 1 amide bonds. The van der Waals surface area contributed by atoms with E-state index >= 15 is 0 Å². The Morgan fingerprint density at radius 3 is 2.95 bits per heavy atom. The third kappa shape index (κ3) is 3.02. The molecule has 1 fully saturated rings. The fourth-order valence-corrected chi connectivity index (χ4v) is 3.46. The normalized spacial score (nSPS) is 19.6. The molecule has 9 heteroatoms. The fraction of sp³-hybridized carbons (Fsp3) is 0.333. The van der Waals surface area contributed by atoms with Gasteiger partial charge in [0.1, 0.15) is 5.52 Å². The highest BCUT2D eigenvalue weighted by Gasteiger charge is 2.35. The molecule has 112 valence electrons. The summed E-state index contributed by atoms with van der Waals surface area (Å²) in [4.78, 5) is 17.5. The highest BCUT2D eigenvalue weighted by molar-refractivity contribution is 7.89. The number of sulfonamides is 1. The van der Waals surface area contributed by atoms with Gasteiger partial charge in [-0.2, -0.15) is 4.98 Å². The lowest BCUT2D eigenvalue weighted by Gasteiger charge is -2.10. The molecule has 1 aliphatic rings. The standard InChI is InChI=1S/C12H12ClN3O4S/c13-8-1-2-10-9(4-8)15-12(20-10)16-5-7(3-11(16)17)6-21(14,18)19/h1-2,4,7H,3,5-6H2,(H2,14,18,19). The Morgan fingerprint density at radius 1 is 1.48 bits per heavy atom. The van der Waals surface area contributed by atoms with Crippen LogP contribution in [0.15, 0.2) is 22.6 Å². The van der Waals surface area contributed by atoms with E-state index < -0.39 is 10.0 Å². The average Bonchev–Trinajstić information content (AvgIpc) is 2.89. The number of oxazole rings is 1. The predicted molar refractivity (Wildman–Crippen MR) is 77.5 cm³/mol. The average molecular weight is 330 g/mol. The van der Waals surface area contributed by atoms with E-state index in [0.29, 0.717) is 16.1 Å². The number of amides is 1. The molecule has 21 heavy (non-hydrogen) atoms. The number of fused-ring (bicyclic) bond motifs is 1. The highest BCUT2D eigenvalue weighted by Crippen LogP contribution is 2.29. The van der Waals surface area contributed by atoms with E-state index in [0.717, 1.165) is 0 Å². The molecule has 3 rings (SSSR count). The molecule has 2 heterocycles. The van der Waals surface area contributed by atoms with Crippen LogP contribution in [0.1, 0.15) is 6.42 Å². The Hall–Kier alpha value is -1.64. The van der Waals surface area contributed by atoms with E-state index in [1.807, 2.05) is 0 Å². The highest BCUT2D eigenvalue weighted by atomic mass is 35.5. The number of rotatable bonds is 3. The summed E-state index contributed by atoms with van der Waals surface area (Å²) in [5.74, 6) is -0.825. The molecular weight excluding hydrogens is 318 g/mol. The van der Waals surface area contributed by atoms with Gasteiger partial charge < -0.3 is 4.42 Å². The topological polar surface area (TPSA) is 106 Å². The molecule has 1 aromatic heterocycles. The van der Waals surface area contributed by atoms with Gasteiger partial charge in [0.15, 0.2) is 5.58 Å². The second kappa shape index (κ2) is 4.97. The monoisotopic (exact) mass is 329 g/mol. The van der Waals surface area contributed by atoms with Crippen LogP contribution in [0.25, 0.3) is 11.1 Å². The molecule has 0 bridgehead atoms. The number of hydrogen-bond acceptors (Lipinski definition) is 5. The Labute approximate surface area is 125 Å². The number of carbonyl (C=O) groups excluding carboxylic acids is 1. The minimum Gasteiger partial charge on any atom is -0.423 e. The maximum atomic E-state index is 12.0. The molecule has 1 unspecified atom stereocenters. The molecule has 1 aromatic carbocycles. The Balaban J connectivity index is 1.87. The van der Waals surface area contributed by atoms with Gasteiger partial charge in [-0.1, -0.05) is 11.6 Å². The van der Waals surface area contributed by atoms with Crippen LogP contribution in [0.2, 0.25) is 5.02 Å². The maximum Gasteiger partial charge on any atom is 0.305 e. The number of hydrogen-bond donors (Lipinski definition) is 1. The van der Waals surface area contributed by atoms with Gasteiger partial charge in [0.05, 0.1) is 5.75 Å². The lowest BCUT2D eigenvalue weighted by atomic mass is 10.1. The summed E-state index contributed by atoms with van der Waals surface area (Å²) >= 11 is 5.87. The second-order valence-electron chi connectivity index (χ2n) is 5.01. The van der Waals surface area contributed by atoms with Gasteiger partial charge in [0.2, 0.25) is 15.9 Å². The van der Waals surface area contributed by atoms with Crippen LogP contribution >= 0.6 is 11.6 Å². The van der Waals surface area contributed by atoms with Gasteiger partial charge >= 0.3 is 6.01 Å². The van der Waals surface area contributed by atoms with Crippen LogP contribution in [0.3, 0.4) is 0 Å². The van der Waals surface area contributed by atoms with Crippen molar-refractivity contribution in [1.29, 1.82) is 0 Å². The van der Waals surface area contributed by atoms with E-state index in [4.69, 9.17) is 21.2 Å².